The van der Waals surface area contributed by atoms with Gasteiger partial charge < -0.3 is 20.1 Å². The first kappa shape index (κ1) is 20.6. The standard InChI is InChI=1S/C18H26N2O5/c1-18(2,3)25-16(22)11-20(4)17(23)14(19)10-15(21)24-12-13-8-6-5-7-9-13/h5-9,14H,10-12,19H2,1-4H3/t14-/m0/s1. The average molecular weight is 350 g/mol. The zero-order chi connectivity index (χ0) is 19.0. The van der Waals surface area contributed by atoms with E-state index in [0.29, 0.717) is 0 Å². The molecule has 1 rings (SSSR count). The summed E-state index contributed by atoms with van der Waals surface area (Å²) in [5, 5.41) is 0. The number of nitrogens with two attached hydrogens (primary N) is 1. The zero-order valence-electron chi connectivity index (χ0n) is 15.2. The fourth-order valence-corrected chi connectivity index (χ4v) is 1.99. The second kappa shape index (κ2) is 9.17. The number of nitrogens with zero attached hydrogens (tertiary/aromatic N) is 1. The molecule has 138 valence electrons. The molecule has 0 aliphatic heterocycles. The van der Waals surface area contributed by atoms with E-state index in [1.165, 1.54) is 7.05 Å². The normalized spacial score (nSPS) is 12.2. The molecule has 0 saturated heterocycles. The number of carbonyl (C=O) groups is 3. The van der Waals surface area contributed by atoms with Crippen molar-refractivity contribution >= 4 is 17.8 Å². The highest BCUT2D eigenvalue weighted by molar-refractivity contribution is 5.88. The van der Waals surface area contributed by atoms with Gasteiger partial charge in [-0.15, -0.1) is 0 Å². The molecule has 0 saturated carbocycles. The van der Waals surface area contributed by atoms with Crippen molar-refractivity contribution in [1.29, 1.82) is 0 Å². The third-order valence-corrected chi connectivity index (χ3v) is 3.11. The molecule has 7 nitrogen and oxygen atoms in total. The maximum atomic E-state index is 12.1. The fourth-order valence-electron chi connectivity index (χ4n) is 1.99. The van der Waals surface area contributed by atoms with Crippen LogP contribution in [0.4, 0.5) is 0 Å². The summed E-state index contributed by atoms with van der Waals surface area (Å²) in [5.41, 5.74) is 5.96. The van der Waals surface area contributed by atoms with Crippen LogP contribution >= 0.6 is 0 Å². The van der Waals surface area contributed by atoms with E-state index in [0.717, 1.165) is 10.5 Å². The Bertz CT molecular complexity index is 595. The van der Waals surface area contributed by atoms with Gasteiger partial charge in [0.1, 0.15) is 18.8 Å². The predicted molar refractivity (Wildman–Crippen MR) is 92.3 cm³/mol. The molecule has 0 radical (unpaired) electrons. The molecule has 0 aliphatic rings. The Morgan fingerprint density at radius 2 is 1.72 bits per heavy atom. The second-order valence-corrected chi connectivity index (χ2v) is 6.74. The van der Waals surface area contributed by atoms with Crippen molar-refractivity contribution in [2.45, 2.75) is 45.4 Å². The molecule has 1 aromatic rings. The Kier molecular flexibility index (Phi) is 7.57. The summed E-state index contributed by atoms with van der Waals surface area (Å²) in [6, 6.07) is 8.12. The van der Waals surface area contributed by atoms with Gasteiger partial charge in [-0.1, -0.05) is 30.3 Å². The van der Waals surface area contributed by atoms with Gasteiger partial charge in [-0.05, 0) is 26.3 Å². The molecular formula is C18H26N2O5. The lowest BCUT2D eigenvalue weighted by molar-refractivity contribution is -0.158. The number of likely N-dealkylation sites (N-methyl/N-ethyl adjacent to an activating group) is 1. The van der Waals surface area contributed by atoms with Crippen molar-refractivity contribution < 1.29 is 23.9 Å². The van der Waals surface area contributed by atoms with Crippen molar-refractivity contribution in [2.24, 2.45) is 5.73 Å². The number of hydrogen-bond donors (Lipinski definition) is 1. The molecule has 0 bridgehead atoms. The predicted octanol–water partition coefficient (Wildman–Crippen LogP) is 1.25. The van der Waals surface area contributed by atoms with Gasteiger partial charge >= 0.3 is 11.9 Å². The van der Waals surface area contributed by atoms with Gasteiger partial charge in [-0.25, -0.2) is 0 Å². The lowest BCUT2D eigenvalue weighted by atomic mass is 10.2. The second-order valence-electron chi connectivity index (χ2n) is 6.74. The van der Waals surface area contributed by atoms with Crippen LogP contribution in [0, 0.1) is 0 Å². The van der Waals surface area contributed by atoms with Crippen LogP contribution in [0.5, 0.6) is 0 Å². The molecule has 0 fully saturated rings. The molecule has 25 heavy (non-hydrogen) atoms. The van der Waals surface area contributed by atoms with E-state index in [1.807, 2.05) is 30.3 Å². The van der Waals surface area contributed by atoms with Gasteiger partial charge in [0.25, 0.3) is 0 Å². The number of rotatable bonds is 7. The maximum Gasteiger partial charge on any atom is 0.326 e. The Labute approximate surface area is 148 Å². The lowest BCUT2D eigenvalue weighted by Crippen LogP contribution is -2.45. The SMILES string of the molecule is CN(CC(=O)OC(C)(C)C)C(=O)[C@@H](N)CC(=O)OCc1ccccc1. The number of benzene rings is 1. The van der Waals surface area contributed by atoms with Crippen molar-refractivity contribution in [2.75, 3.05) is 13.6 Å². The minimum Gasteiger partial charge on any atom is -0.461 e. The van der Waals surface area contributed by atoms with Crippen LogP contribution in [-0.4, -0.2) is 48.0 Å². The number of carbonyl (C=O) groups excluding carboxylic acids is 3. The molecule has 0 aliphatic carbocycles. The minimum atomic E-state index is -1.07. The smallest absolute Gasteiger partial charge is 0.326 e. The summed E-state index contributed by atoms with van der Waals surface area (Å²) in [6.45, 7) is 5.10. The first-order valence-corrected chi connectivity index (χ1v) is 8.00. The van der Waals surface area contributed by atoms with E-state index in [2.05, 4.69) is 0 Å². The highest BCUT2D eigenvalue weighted by Crippen LogP contribution is 2.08. The summed E-state index contributed by atoms with van der Waals surface area (Å²) < 4.78 is 10.2. The molecule has 1 atom stereocenters. The first-order valence-electron chi connectivity index (χ1n) is 8.00. The van der Waals surface area contributed by atoms with Gasteiger partial charge in [0.2, 0.25) is 5.91 Å². The van der Waals surface area contributed by atoms with Crippen molar-refractivity contribution in [3.63, 3.8) is 0 Å². The van der Waals surface area contributed by atoms with Crippen LogP contribution in [0.15, 0.2) is 30.3 Å². The van der Waals surface area contributed by atoms with E-state index < -0.39 is 29.5 Å². The van der Waals surface area contributed by atoms with E-state index in [1.54, 1.807) is 20.8 Å². The summed E-state index contributed by atoms with van der Waals surface area (Å²) in [7, 11) is 1.43. The molecule has 1 aromatic carbocycles. The summed E-state index contributed by atoms with van der Waals surface area (Å²) in [5.74, 6) is -1.64. The van der Waals surface area contributed by atoms with Gasteiger partial charge in [0.05, 0.1) is 12.5 Å². The van der Waals surface area contributed by atoms with Gasteiger partial charge in [0.15, 0.2) is 0 Å². The van der Waals surface area contributed by atoms with Crippen LogP contribution in [0.2, 0.25) is 0 Å². The van der Waals surface area contributed by atoms with Crippen molar-refractivity contribution in [3.05, 3.63) is 35.9 Å². The van der Waals surface area contributed by atoms with Crippen LogP contribution in [-0.2, 0) is 30.5 Å². The molecule has 0 aromatic heterocycles. The van der Waals surface area contributed by atoms with Crippen LogP contribution in [0.3, 0.4) is 0 Å². The highest BCUT2D eigenvalue weighted by Gasteiger charge is 2.25. The van der Waals surface area contributed by atoms with E-state index >= 15 is 0 Å². The van der Waals surface area contributed by atoms with Crippen LogP contribution < -0.4 is 5.73 Å². The van der Waals surface area contributed by atoms with E-state index in [4.69, 9.17) is 15.2 Å². The Morgan fingerprint density at radius 3 is 2.28 bits per heavy atom. The largest absolute Gasteiger partial charge is 0.461 e. The average Bonchev–Trinajstić information content (AvgIpc) is 2.51. The van der Waals surface area contributed by atoms with Crippen molar-refractivity contribution in [3.8, 4) is 0 Å². The van der Waals surface area contributed by atoms with Gasteiger partial charge in [0, 0.05) is 7.05 Å². The number of amides is 1. The third kappa shape index (κ3) is 8.30. The Morgan fingerprint density at radius 1 is 1.12 bits per heavy atom. The third-order valence-electron chi connectivity index (χ3n) is 3.11. The van der Waals surface area contributed by atoms with Crippen LogP contribution in [0.25, 0.3) is 0 Å². The molecule has 0 heterocycles. The molecular weight excluding hydrogens is 324 g/mol. The highest BCUT2D eigenvalue weighted by atomic mass is 16.6. The minimum absolute atomic E-state index is 0.119. The lowest BCUT2D eigenvalue weighted by Gasteiger charge is -2.24. The number of esters is 2. The topological polar surface area (TPSA) is 98.9 Å². The zero-order valence-corrected chi connectivity index (χ0v) is 15.2. The molecule has 2 N–H and O–H groups in total. The molecule has 0 unspecified atom stereocenters. The Balaban J connectivity index is 2.41. The number of hydrogen-bond acceptors (Lipinski definition) is 6. The summed E-state index contributed by atoms with van der Waals surface area (Å²) in [4.78, 5) is 36.8. The molecule has 7 heteroatoms. The van der Waals surface area contributed by atoms with Crippen molar-refractivity contribution in [1.82, 2.24) is 4.90 Å². The first-order chi connectivity index (χ1) is 11.6. The molecule has 0 spiro atoms. The van der Waals surface area contributed by atoms with E-state index in [-0.39, 0.29) is 19.6 Å². The van der Waals surface area contributed by atoms with Gasteiger partial charge in [-0.3, -0.25) is 14.4 Å². The monoisotopic (exact) mass is 350 g/mol. The van der Waals surface area contributed by atoms with Gasteiger partial charge in [-0.2, -0.15) is 0 Å². The maximum absolute atomic E-state index is 12.1. The van der Waals surface area contributed by atoms with E-state index in [9.17, 15) is 14.4 Å². The molecule has 1 amide bonds. The summed E-state index contributed by atoms with van der Waals surface area (Å²) in [6.07, 6.45) is -0.260. The number of ether oxygens (including phenoxy) is 2. The fraction of sp³-hybridized carbons (Fsp3) is 0.500. The Hall–Kier alpha value is -2.41. The quantitative estimate of drug-likeness (QED) is 0.743. The van der Waals surface area contributed by atoms with Crippen LogP contribution in [0.1, 0.15) is 32.8 Å². The summed E-state index contributed by atoms with van der Waals surface area (Å²) >= 11 is 0.